The Morgan fingerprint density at radius 1 is 1.06 bits per heavy atom. The van der Waals surface area contributed by atoms with Gasteiger partial charge < -0.3 is 29.4 Å². The third kappa shape index (κ3) is 4.04. The van der Waals surface area contributed by atoms with Crippen LogP contribution in [-0.4, -0.2) is 13.9 Å². The molecule has 2 N–H and O–H groups in total. The van der Waals surface area contributed by atoms with E-state index in [4.69, 9.17) is 29.4 Å². The predicted molar refractivity (Wildman–Crippen MR) is 131 cm³/mol. The number of rotatable bonds is 5. The van der Waals surface area contributed by atoms with Gasteiger partial charge in [-0.1, -0.05) is 28.1 Å². The normalized spacial score (nSPS) is 15.9. The molecule has 7 nitrogen and oxygen atoms in total. The summed E-state index contributed by atoms with van der Waals surface area (Å²) in [5, 5.41) is 9.90. The summed E-state index contributed by atoms with van der Waals surface area (Å²) < 4.78 is 30.2. The van der Waals surface area contributed by atoms with Crippen LogP contribution in [0.15, 0.2) is 68.9 Å². The molecule has 0 saturated heterocycles. The summed E-state index contributed by atoms with van der Waals surface area (Å²) in [6, 6.07) is 17.4. The highest BCUT2D eigenvalue weighted by molar-refractivity contribution is 9.10. The Morgan fingerprint density at radius 2 is 1.79 bits per heavy atom. The monoisotopic (exact) mass is 584 g/mol. The van der Waals surface area contributed by atoms with E-state index in [-0.39, 0.29) is 12.7 Å². The lowest BCUT2D eigenvalue weighted by molar-refractivity contribution is 0.174. The fraction of sp³-hybridized carbons (Fsp3) is 0.160. The lowest BCUT2D eigenvalue weighted by Crippen LogP contribution is -2.21. The third-order valence-electron chi connectivity index (χ3n) is 5.59. The number of benzene rings is 3. The summed E-state index contributed by atoms with van der Waals surface area (Å²) in [6.07, 6.45) is 0. The van der Waals surface area contributed by atoms with Crippen LogP contribution in [0.1, 0.15) is 22.6 Å². The maximum atomic E-state index is 9.90. The molecule has 3 aromatic carbocycles. The molecular formula is C25H18Br2N2O5. The molecular weight excluding hydrogens is 568 g/mol. The first kappa shape index (κ1) is 22.4. The fourth-order valence-electron chi connectivity index (χ4n) is 3.97. The van der Waals surface area contributed by atoms with E-state index in [2.05, 4.69) is 37.9 Å². The Balaban J connectivity index is 1.55. The molecule has 0 bridgehead atoms. The van der Waals surface area contributed by atoms with Crippen molar-refractivity contribution in [3.63, 3.8) is 0 Å². The molecule has 1 atom stereocenters. The largest absolute Gasteiger partial charge is 0.493 e. The minimum absolute atomic E-state index is 0.0459. The van der Waals surface area contributed by atoms with Gasteiger partial charge in [-0.3, -0.25) is 0 Å². The number of allylic oxidation sites excluding steroid dienone is 1. The van der Waals surface area contributed by atoms with Crippen molar-refractivity contribution in [2.75, 3.05) is 13.9 Å². The second-order valence-corrected chi connectivity index (χ2v) is 9.39. The molecule has 172 valence electrons. The average Bonchev–Trinajstić information content (AvgIpc) is 3.29. The number of ether oxygens (including phenoxy) is 5. The third-order valence-corrected chi connectivity index (χ3v) is 6.71. The maximum absolute atomic E-state index is 9.90. The molecule has 0 saturated carbocycles. The van der Waals surface area contributed by atoms with Crippen LogP contribution in [0.2, 0.25) is 0 Å². The zero-order valence-corrected chi connectivity index (χ0v) is 21.1. The average molecular weight is 586 g/mol. The topological polar surface area (TPSA) is 96.0 Å². The molecule has 0 radical (unpaired) electrons. The van der Waals surface area contributed by atoms with Crippen molar-refractivity contribution in [3.8, 4) is 34.8 Å². The first-order valence-corrected chi connectivity index (χ1v) is 11.8. The zero-order valence-electron chi connectivity index (χ0n) is 17.9. The number of nitrogens with two attached hydrogens (primary N) is 1. The molecule has 0 amide bonds. The van der Waals surface area contributed by atoms with Crippen LogP contribution < -0.4 is 29.4 Å². The summed E-state index contributed by atoms with van der Waals surface area (Å²) in [6.45, 7) is 0.488. The summed E-state index contributed by atoms with van der Waals surface area (Å²) in [5.41, 5.74) is 8.96. The van der Waals surface area contributed by atoms with Crippen molar-refractivity contribution in [1.82, 2.24) is 0 Å². The molecule has 2 aliphatic heterocycles. The van der Waals surface area contributed by atoms with Gasteiger partial charge in [0.25, 0.3) is 0 Å². The maximum Gasteiger partial charge on any atom is 0.231 e. The van der Waals surface area contributed by atoms with E-state index >= 15 is 0 Å². The molecule has 2 heterocycles. The molecule has 0 unspecified atom stereocenters. The van der Waals surface area contributed by atoms with Crippen LogP contribution in [0, 0.1) is 11.3 Å². The van der Waals surface area contributed by atoms with Crippen molar-refractivity contribution >= 4 is 31.9 Å². The van der Waals surface area contributed by atoms with E-state index in [0.717, 1.165) is 21.2 Å². The van der Waals surface area contributed by atoms with E-state index in [0.29, 0.717) is 45.4 Å². The van der Waals surface area contributed by atoms with Crippen LogP contribution in [0.5, 0.6) is 28.7 Å². The van der Waals surface area contributed by atoms with Crippen molar-refractivity contribution in [1.29, 1.82) is 5.26 Å². The molecule has 0 aromatic heterocycles. The van der Waals surface area contributed by atoms with Crippen molar-refractivity contribution < 1.29 is 23.7 Å². The van der Waals surface area contributed by atoms with E-state index in [1.165, 1.54) is 0 Å². The van der Waals surface area contributed by atoms with Crippen molar-refractivity contribution in [2.45, 2.75) is 12.5 Å². The minimum Gasteiger partial charge on any atom is -0.493 e. The molecule has 0 aliphatic carbocycles. The van der Waals surface area contributed by atoms with Gasteiger partial charge in [0.1, 0.15) is 24.0 Å². The Kier molecular flexibility index (Phi) is 6.02. The molecule has 2 aliphatic rings. The number of fused-ring (bicyclic) bond motifs is 2. The van der Waals surface area contributed by atoms with Gasteiger partial charge in [0, 0.05) is 16.1 Å². The van der Waals surface area contributed by atoms with Gasteiger partial charge in [0.05, 0.1) is 17.5 Å². The SMILES string of the molecule is COc1cc([C@@H]2C(C#N)=C(N)Oc3cc4c(cc32)OCO4)cc(Br)c1OCc1ccc(Br)cc1. The Labute approximate surface area is 212 Å². The summed E-state index contributed by atoms with van der Waals surface area (Å²) >= 11 is 7.06. The van der Waals surface area contributed by atoms with Gasteiger partial charge in [-0.2, -0.15) is 5.26 Å². The van der Waals surface area contributed by atoms with Crippen LogP contribution in [0.3, 0.4) is 0 Å². The number of methoxy groups -OCH3 is 1. The Bertz CT molecular complexity index is 1350. The molecule has 3 aromatic rings. The molecule has 34 heavy (non-hydrogen) atoms. The molecule has 0 fully saturated rings. The standard InChI is InChI=1S/C25H18Br2N2O5/c1-30-22-7-14(6-18(27)24(22)31-11-13-2-4-15(26)5-3-13)23-16-8-20-21(33-12-32-20)9-19(16)34-25(29)17(23)10-28/h2-9,23H,11-12,29H2,1H3/t23-/m0/s1. The Hall–Kier alpha value is -3.35. The van der Waals surface area contributed by atoms with E-state index in [1.54, 1.807) is 13.2 Å². The summed E-state index contributed by atoms with van der Waals surface area (Å²) in [5.74, 6) is 2.30. The quantitative estimate of drug-likeness (QED) is 0.407. The van der Waals surface area contributed by atoms with E-state index in [1.807, 2.05) is 42.5 Å². The second-order valence-electron chi connectivity index (χ2n) is 7.62. The second kappa shape index (κ2) is 9.12. The highest BCUT2D eigenvalue weighted by Gasteiger charge is 2.34. The van der Waals surface area contributed by atoms with Gasteiger partial charge in [0.2, 0.25) is 12.7 Å². The van der Waals surface area contributed by atoms with Gasteiger partial charge in [0.15, 0.2) is 23.0 Å². The first-order chi connectivity index (χ1) is 16.5. The lowest BCUT2D eigenvalue weighted by atomic mass is 9.83. The summed E-state index contributed by atoms with van der Waals surface area (Å²) in [4.78, 5) is 0. The molecule has 9 heteroatoms. The highest BCUT2D eigenvalue weighted by atomic mass is 79.9. The van der Waals surface area contributed by atoms with Gasteiger partial charge >= 0.3 is 0 Å². The summed E-state index contributed by atoms with van der Waals surface area (Å²) in [7, 11) is 1.57. The van der Waals surface area contributed by atoms with Crippen molar-refractivity contribution in [2.24, 2.45) is 5.73 Å². The number of nitriles is 1. The highest BCUT2D eigenvalue weighted by Crippen LogP contribution is 2.50. The van der Waals surface area contributed by atoms with Crippen molar-refractivity contribution in [3.05, 3.63) is 85.6 Å². The van der Waals surface area contributed by atoms with E-state index < -0.39 is 5.92 Å². The van der Waals surface area contributed by atoms with Crippen LogP contribution in [0.25, 0.3) is 0 Å². The lowest BCUT2D eigenvalue weighted by Gasteiger charge is -2.27. The minimum atomic E-state index is -0.492. The van der Waals surface area contributed by atoms with Crippen LogP contribution in [-0.2, 0) is 6.61 Å². The number of hydrogen-bond acceptors (Lipinski definition) is 7. The van der Waals surface area contributed by atoms with Gasteiger partial charge in [-0.25, -0.2) is 0 Å². The number of halogens is 2. The van der Waals surface area contributed by atoms with Gasteiger partial charge in [-0.05, 0) is 57.4 Å². The number of nitrogens with zero attached hydrogens (tertiary/aromatic N) is 1. The fourth-order valence-corrected chi connectivity index (χ4v) is 4.81. The Morgan fingerprint density at radius 3 is 2.50 bits per heavy atom. The van der Waals surface area contributed by atoms with Crippen LogP contribution in [0.4, 0.5) is 0 Å². The van der Waals surface area contributed by atoms with E-state index in [9.17, 15) is 5.26 Å². The predicted octanol–water partition coefficient (Wildman–Crippen LogP) is 5.75. The first-order valence-electron chi connectivity index (χ1n) is 10.2. The number of hydrogen-bond donors (Lipinski definition) is 1. The van der Waals surface area contributed by atoms with Gasteiger partial charge in [-0.15, -0.1) is 0 Å². The molecule has 0 spiro atoms. The zero-order chi connectivity index (χ0) is 23.8. The molecule has 5 rings (SSSR count). The smallest absolute Gasteiger partial charge is 0.231 e. The van der Waals surface area contributed by atoms with Crippen LogP contribution >= 0.6 is 31.9 Å².